The summed E-state index contributed by atoms with van der Waals surface area (Å²) in [5, 5.41) is 14.3. The molecule has 0 fully saturated rings. The lowest BCUT2D eigenvalue weighted by Crippen LogP contribution is -1.98. The Labute approximate surface area is 112 Å². The smallest absolute Gasteiger partial charge is 0.231 e. The van der Waals surface area contributed by atoms with Crippen LogP contribution < -0.4 is 9.47 Å². The van der Waals surface area contributed by atoms with E-state index in [1.54, 1.807) is 23.1 Å². The van der Waals surface area contributed by atoms with Crippen LogP contribution in [-0.2, 0) is 7.05 Å². The number of nitrogens with zero attached hydrogens (tertiary/aromatic N) is 2. The maximum atomic E-state index is 10.3. The van der Waals surface area contributed by atoms with Gasteiger partial charge in [0.05, 0.1) is 10.7 Å². The molecule has 5 nitrogen and oxygen atoms in total. The molecule has 1 unspecified atom stereocenters. The summed E-state index contributed by atoms with van der Waals surface area (Å²) in [7, 11) is 1.81. The summed E-state index contributed by atoms with van der Waals surface area (Å²) < 4.78 is 13.1. The van der Waals surface area contributed by atoms with Gasteiger partial charge < -0.3 is 14.6 Å². The first-order valence-electron chi connectivity index (χ1n) is 5.41. The molecule has 1 atom stereocenters. The predicted molar refractivity (Wildman–Crippen MR) is 67.5 cm³/mol. The Morgan fingerprint density at radius 2 is 2.22 bits per heavy atom. The lowest BCUT2D eigenvalue weighted by Gasteiger charge is -2.10. The van der Waals surface area contributed by atoms with Crippen LogP contribution in [0.3, 0.4) is 0 Å². The molecular formula is C12H11BrN2O3. The molecule has 1 aliphatic rings. The molecule has 1 N–H and O–H groups in total. The molecule has 94 valence electrons. The number of hydrogen-bond donors (Lipinski definition) is 1. The minimum Gasteiger partial charge on any atom is -0.454 e. The second-order valence-electron chi connectivity index (χ2n) is 4.09. The van der Waals surface area contributed by atoms with E-state index < -0.39 is 6.10 Å². The van der Waals surface area contributed by atoms with Crippen molar-refractivity contribution in [3.8, 4) is 11.5 Å². The lowest BCUT2D eigenvalue weighted by atomic mass is 10.0. The van der Waals surface area contributed by atoms with E-state index in [0.29, 0.717) is 11.5 Å². The molecule has 0 radical (unpaired) electrons. The molecule has 3 rings (SSSR count). The van der Waals surface area contributed by atoms with Crippen molar-refractivity contribution < 1.29 is 14.6 Å². The number of aryl methyl sites for hydroxylation is 1. The van der Waals surface area contributed by atoms with Crippen molar-refractivity contribution in [1.82, 2.24) is 9.78 Å². The van der Waals surface area contributed by atoms with Crippen molar-refractivity contribution in [3.05, 3.63) is 40.1 Å². The Morgan fingerprint density at radius 1 is 1.39 bits per heavy atom. The quantitative estimate of drug-likeness (QED) is 0.921. The van der Waals surface area contributed by atoms with Crippen molar-refractivity contribution in [2.24, 2.45) is 7.05 Å². The molecule has 18 heavy (non-hydrogen) atoms. The van der Waals surface area contributed by atoms with Crippen LogP contribution in [0.1, 0.15) is 17.2 Å². The second-order valence-corrected chi connectivity index (χ2v) is 4.94. The number of ether oxygens (including phenoxy) is 2. The Balaban J connectivity index is 2.00. The zero-order valence-corrected chi connectivity index (χ0v) is 11.2. The van der Waals surface area contributed by atoms with Crippen molar-refractivity contribution in [3.63, 3.8) is 0 Å². The molecule has 0 bridgehead atoms. The Morgan fingerprint density at radius 3 is 2.94 bits per heavy atom. The molecule has 2 aromatic rings. The number of fused-ring (bicyclic) bond motifs is 1. The summed E-state index contributed by atoms with van der Waals surface area (Å²) in [4.78, 5) is 0. The monoisotopic (exact) mass is 310 g/mol. The molecule has 6 heteroatoms. The van der Waals surface area contributed by atoms with E-state index in [9.17, 15) is 5.11 Å². The first-order valence-corrected chi connectivity index (χ1v) is 6.20. The fourth-order valence-corrected chi connectivity index (χ4v) is 2.49. The van der Waals surface area contributed by atoms with Gasteiger partial charge in [-0.25, -0.2) is 0 Å². The molecule has 1 aromatic carbocycles. The van der Waals surface area contributed by atoms with Crippen LogP contribution in [-0.4, -0.2) is 21.7 Å². The molecule has 0 spiro atoms. The van der Waals surface area contributed by atoms with Gasteiger partial charge in [0.1, 0.15) is 6.10 Å². The van der Waals surface area contributed by atoms with Gasteiger partial charge in [-0.3, -0.25) is 4.68 Å². The van der Waals surface area contributed by atoms with Crippen LogP contribution in [0.4, 0.5) is 0 Å². The van der Waals surface area contributed by atoms with Crippen molar-refractivity contribution in [1.29, 1.82) is 0 Å². The topological polar surface area (TPSA) is 56.5 Å². The Kier molecular flexibility index (Phi) is 2.76. The van der Waals surface area contributed by atoms with E-state index in [4.69, 9.17) is 9.47 Å². The molecule has 2 heterocycles. The number of aliphatic hydroxyl groups excluding tert-OH is 1. The molecule has 0 saturated carbocycles. The summed E-state index contributed by atoms with van der Waals surface area (Å²) in [6.45, 7) is 0.209. The first kappa shape index (κ1) is 11.6. The van der Waals surface area contributed by atoms with E-state index >= 15 is 0 Å². The van der Waals surface area contributed by atoms with E-state index in [2.05, 4.69) is 21.0 Å². The third-order valence-corrected chi connectivity index (χ3v) is 3.39. The summed E-state index contributed by atoms with van der Waals surface area (Å²) in [5.74, 6) is 1.32. The largest absolute Gasteiger partial charge is 0.454 e. The van der Waals surface area contributed by atoms with Gasteiger partial charge in [-0.2, -0.15) is 5.10 Å². The van der Waals surface area contributed by atoms with Crippen LogP contribution in [0.15, 0.2) is 29.0 Å². The number of benzene rings is 1. The van der Waals surface area contributed by atoms with Crippen molar-refractivity contribution >= 4 is 15.9 Å². The van der Waals surface area contributed by atoms with Crippen molar-refractivity contribution in [2.75, 3.05) is 6.79 Å². The molecule has 0 amide bonds. The van der Waals surface area contributed by atoms with E-state index in [0.717, 1.165) is 15.6 Å². The fourth-order valence-electron chi connectivity index (χ4n) is 1.92. The molecule has 1 aromatic heterocycles. The van der Waals surface area contributed by atoms with Gasteiger partial charge in [0.2, 0.25) is 6.79 Å². The Bertz CT molecular complexity index is 597. The number of aromatic nitrogens is 2. The zero-order chi connectivity index (χ0) is 12.7. The highest BCUT2D eigenvalue weighted by Gasteiger charge is 2.21. The van der Waals surface area contributed by atoms with Gasteiger partial charge in [0.15, 0.2) is 11.5 Å². The highest BCUT2D eigenvalue weighted by Crippen LogP contribution is 2.41. The summed E-state index contributed by atoms with van der Waals surface area (Å²) >= 11 is 3.41. The van der Waals surface area contributed by atoms with Gasteiger partial charge in [-0.15, -0.1) is 0 Å². The van der Waals surface area contributed by atoms with E-state index in [1.165, 1.54) is 0 Å². The molecule has 0 saturated heterocycles. The summed E-state index contributed by atoms with van der Waals surface area (Å²) in [5.41, 5.74) is 1.47. The lowest BCUT2D eigenvalue weighted by molar-refractivity contribution is 0.173. The van der Waals surface area contributed by atoms with Crippen molar-refractivity contribution in [2.45, 2.75) is 6.10 Å². The first-order chi connectivity index (χ1) is 8.65. The number of hydrogen-bond acceptors (Lipinski definition) is 4. The second kappa shape index (κ2) is 4.29. The van der Waals surface area contributed by atoms with Gasteiger partial charge in [-0.1, -0.05) is 0 Å². The standard InChI is InChI=1S/C12H11BrN2O3/c1-15-5-8(4-14-15)11(16)7-2-9(13)12-10(3-7)17-6-18-12/h2-5,11,16H,6H2,1H3. The van der Waals surface area contributed by atoms with Crippen LogP contribution in [0.25, 0.3) is 0 Å². The van der Waals surface area contributed by atoms with Gasteiger partial charge in [0, 0.05) is 18.8 Å². The normalized spacial score (nSPS) is 14.8. The Hall–Kier alpha value is -1.53. The maximum absolute atomic E-state index is 10.3. The fraction of sp³-hybridized carbons (Fsp3) is 0.250. The highest BCUT2D eigenvalue weighted by atomic mass is 79.9. The minimum absolute atomic E-state index is 0.209. The third kappa shape index (κ3) is 1.87. The number of halogens is 1. The van der Waals surface area contributed by atoms with Crippen LogP contribution in [0.5, 0.6) is 11.5 Å². The van der Waals surface area contributed by atoms with Crippen LogP contribution in [0, 0.1) is 0 Å². The zero-order valence-electron chi connectivity index (χ0n) is 9.63. The van der Waals surface area contributed by atoms with Gasteiger partial charge >= 0.3 is 0 Å². The average molecular weight is 311 g/mol. The number of aliphatic hydroxyl groups is 1. The molecular weight excluding hydrogens is 300 g/mol. The molecule has 1 aliphatic heterocycles. The third-order valence-electron chi connectivity index (χ3n) is 2.81. The maximum Gasteiger partial charge on any atom is 0.231 e. The van der Waals surface area contributed by atoms with Gasteiger partial charge in [0.25, 0.3) is 0 Å². The average Bonchev–Trinajstić information content (AvgIpc) is 2.96. The highest BCUT2D eigenvalue weighted by molar-refractivity contribution is 9.10. The predicted octanol–water partition coefficient (Wildman–Crippen LogP) is 1.99. The number of rotatable bonds is 2. The SMILES string of the molecule is Cn1cc(C(O)c2cc(Br)c3c(c2)OCO3)cn1. The van der Waals surface area contributed by atoms with E-state index in [-0.39, 0.29) is 6.79 Å². The molecule has 0 aliphatic carbocycles. The summed E-state index contributed by atoms with van der Waals surface area (Å²) in [6, 6.07) is 3.61. The summed E-state index contributed by atoms with van der Waals surface area (Å²) in [6.07, 6.45) is 2.69. The van der Waals surface area contributed by atoms with Gasteiger partial charge in [-0.05, 0) is 33.6 Å². The van der Waals surface area contributed by atoms with Crippen LogP contribution in [0.2, 0.25) is 0 Å². The van der Waals surface area contributed by atoms with E-state index in [1.807, 2.05) is 13.1 Å². The van der Waals surface area contributed by atoms with Crippen LogP contribution >= 0.6 is 15.9 Å². The minimum atomic E-state index is -0.732.